The summed E-state index contributed by atoms with van der Waals surface area (Å²) in [6, 6.07) is 2.16. The molecule has 22 saturated heterocycles. The average Bonchev–Trinajstić information content (AvgIpc) is 1.73. The third kappa shape index (κ3) is 18.9. The molecule has 1 saturated carbocycles. The zero-order valence-electron chi connectivity index (χ0n) is 57.1. The lowest BCUT2D eigenvalue weighted by molar-refractivity contribution is -0.396. The van der Waals surface area contributed by atoms with E-state index in [4.69, 9.17) is 76.2 Å². The van der Waals surface area contributed by atoms with Crippen molar-refractivity contribution in [2.75, 3.05) is 46.2 Å². The van der Waals surface area contributed by atoms with Crippen LogP contribution in [0, 0.1) is 29.1 Å². The molecule has 41 nitrogen and oxygen atoms in total. The van der Waals surface area contributed by atoms with Crippen molar-refractivity contribution in [2.45, 2.75) is 298 Å². The number of hydrogen-bond acceptors (Lipinski definition) is 40. The fourth-order valence-corrected chi connectivity index (χ4v) is 14.6. The van der Waals surface area contributed by atoms with Crippen molar-refractivity contribution in [3.8, 4) is 6.07 Å². The van der Waals surface area contributed by atoms with Gasteiger partial charge in [-0.25, -0.2) is 0 Å². The number of aliphatic hydroxyl groups is 23. The first kappa shape index (κ1) is 85.8. The number of unbranched alkanes of at least 4 members (excludes halogenated alkanes) is 1. The molecule has 0 aromatic heterocycles. The van der Waals surface area contributed by atoms with E-state index in [1.54, 1.807) is 6.08 Å². The molecule has 604 valence electrons. The molecule has 41 atom stereocenters. The molecule has 22 aliphatic heterocycles. The van der Waals surface area contributed by atoms with Gasteiger partial charge in [-0.05, 0) is 25.2 Å². The Balaban J connectivity index is 0.000000382. The van der Waals surface area contributed by atoms with Gasteiger partial charge in [-0.3, -0.25) is 4.79 Å². The predicted octanol–water partition coefficient (Wildman–Crippen LogP) is -11.7. The minimum absolute atomic E-state index is 0.0312. The van der Waals surface area contributed by atoms with Gasteiger partial charge in [-0.1, -0.05) is 38.8 Å². The van der Waals surface area contributed by atoms with Gasteiger partial charge in [0.1, 0.15) is 183 Å². The monoisotopic (exact) mass is 1530 g/mol. The molecule has 0 amide bonds. The molecule has 0 aromatic carbocycles. The molecule has 105 heavy (non-hydrogen) atoms. The first-order valence-corrected chi connectivity index (χ1v) is 35.0. The zero-order valence-corrected chi connectivity index (χ0v) is 57.1. The highest BCUT2D eigenvalue weighted by Crippen LogP contribution is 2.47. The van der Waals surface area contributed by atoms with E-state index in [2.05, 4.69) is 13.0 Å². The molecular weight excluding hydrogens is 1420 g/mol. The van der Waals surface area contributed by atoms with Gasteiger partial charge in [0.05, 0.1) is 70.1 Å². The van der Waals surface area contributed by atoms with Crippen LogP contribution in [-0.4, -0.2) is 408 Å². The molecule has 23 rings (SSSR count). The van der Waals surface area contributed by atoms with E-state index in [-0.39, 0.29) is 30.3 Å². The van der Waals surface area contributed by atoms with E-state index in [9.17, 15) is 128 Å². The highest BCUT2D eigenvalue weighted by molar-refractivity contribution is 5.66. The fraction of sp³-hybridized carbons (Fsp3) is 0.906. The maximum Gasteiger partial charge on any atom is 0.303 e. The van der Waals surface area contributed by atoms with E-state index in [1.165, 1.54) is 0 Å². The van der Waals surface area contributed by atoms with Gasteiger partial charge in [-0.15, -0.1) is 0 Å². The van der Waals surface area contributed by atoms with Crippen LogP contribution in [0.2, 0.25) is 0 Å². The summed E-state index contributed by atoms with van der Waals surface area (Å²) < 4.78 is 85.4. The molecule has 24 N–H and O–H groups in total. The number of carboxylic acids is 1. The summed E-state index contributed by atoms with van der Waals surface area (Å²) in [5.41, 5.74) is 0.515. The summed E-state index contributed by atoms with van der Waals surface area (Å²) >= 11 is 0. The van der Waals surface area contributed by atoms with E-state index < -0.39 is 279 Å². The van der Waals surface area contributed by atoms with Crippen LogP contribution < -0.4 is 0 Å². The number of fused-ring (bicyclic) bond motifs is 1. The van der Waals surface area contributed by atoms with Crippen LogP contribution in [0.1, 0.15) is 65.2 Å². The van der Waals surface area contributed by atoms with Crippen molar-refractivity contribution in [1.82, 2.24) is 0 Å². The number of allylic oxidation sites excluding steroid dienone is 2. The fourth-order valence-electron chi connectivity index (χ4n) is 14.6. The topological polar surface area (TPSA) is 665 Å². The molecule has 14 bridgehead atoms. The molecular formula is C64H103NO40. The number of nitriles is 1. The van der Waals surface area contributed by atoms with Gasteiger partial charge in [0.25, 0.3) is 0 Å². The van der Waals surface area contributed by atoms with Crippen LogP contribution in [0.4, 0.5) is 0 Å². The number of carboxylic acid groups (broad SMARTS) is 1. The van der Waals surface area contributed by atoms with Gasteiger partial charge in [0, 0.05) is 31.1 Å². The highest BCUT2D eigenvalue weighted by atomic mass is 16.8. The number of rotatable bonds is 17. The van der Waals surface area contributed by atoms with Gasteiger partial charge in [-0.2, -0.15) is 5.26 Å². The minimum atomic E-state index is -2.21. The van der Waals surface area contributed by atoms with Crippen LogP contribution in [0.5, 0.6) is 0 Å². The molecule has 23 aliphatic rings. The quantitative estimate of drug-likeness (QED) is 0.0475. The zero-order chi connectivity index (χ0) is 76.7. The van der Waals surface area contributed by atoms with Crippen molar-refractivity contribution in [3.05, 3.63) is 23.5 Å². The Morgan fingerprint density at radius 3 is 0.952 bits per heavy atom. The molecule has 41 heteroatoms. The third-order valence-corrected chi connectivity index (χ3v) is 20.8. The Bertz CT molecular complexity index is 2430. The van der Waals surface area contributed by atoms with Crippen molar-refractivity contribution >= 4 is 5.97 Å². The standard InChI is InChI=1S/C42H70O35.C22H33NO5/c43-1-8-29-15(50)22(57)36(64-8)72-30-9(2-44)66-38(24(59)17(30)52)74-32-11(4-46)68-40(26(61)19(32)54)76-34-13(6-48)70-42(28(63)21(34)56)77-35-14(7-49)69-41(27(62)20(35)55)75-33-12(5-47)67-39(25(60)18(33)53)73-31-10(3-45)65-37(71-29)23(58)16(31)51;1-3-4-6-14(2)18(24)10-9-16-17-11-20(28-21(17)12-19(16)25)15(13-23)7-5-8-22(26)27/h8-63H,1-7H2;9-10,14,16-19,21,24-25H,3-8,11-12H2,1-2H3,(H,26,27)/b;10-9+,20-15+/t8-,9-,10-,11-,12-,13-,14-,15-,16-,17-,18-,19-,20-,21-,22-,23-,24-,25-,26-,27-,28-,29-,30-,31-,32-,33-,34-,35-,36-,37-,38-,39-,40-,41-,42-;14-,16+,17+,18+,19+,21-/m10/s1. The lowest BCUT2D eigenvalue weighted by Crippen LogP contribution is -2.68. The van der Waals surface area contributed by atoms with Crippen LogP contribution in [0.15, 0.2) is 23.5 Å². The summed E-state index contributed by atoms with van der Waals surface area (Å²) in [4.78, 5) is 10.7. The summed E-state index contributed by atoms with van der Waals surface area (Å²) in [6.07, 6.45) is -62.6. The smallest absolute Gasteiger partial charge is 0.303 e. The van der Waals surface area contributed by atoms with E-state index in [1.807, 2.05) is 13.0 Å². The van der Waals surface area contributed by atoms with Crippen molar-refractivity contribution in [2.24, 2.45) is 17.8 Å². The first-order chi connectivity index (χ1) is 50.0. The Morgan fingerprint density at radius 1 is 0.438 bits per heavy atom. The minimum Gasteiger partial charge on any atom is -0.493 e. The van der Waals surface area contributed by atoms with Crippen molar-refractivity contribution < 1.29 is 198 Å². The number of aliphatic hydroxyl groups excluding tert-OH is 23. The lowest BCUT2D eigenvalue weighted by Gasteiger charge is -2.50. The van der Waals surface area contributed by atoms with Gasteiger partial charge < -0.3 is 194 Å². The largest absolute Gasteiger partial charge is 0.493 e. The first-order valence-electron chi connectivity index (χ1n) is 35.0. The summed E-state index contributed by atoms with van der Waals surface area (Å²) in [5.74, 6) is -0.0615. The van der Waals surface area contributed by atoms with Crippen LogP contribution in [-0.2, 0) is 75.8 Å². The average molecular weight is 1530 g/mol. The molecule has 23 fully saturated rings. The van der Waals surface area contributed by atoms with Crippen LogP contribution >= 0.6 is 0 Å². The number of ether oxygens (including phenoxy) is 15. The maximum absolute atomic E-state index is 11.3. The second kappa shape index (κ2) is 38.3. The van der Waals surface area contributed by atoms with Gasteiger partial charge in [0.15, 0.2) is 44.0 Å². The molecule has 0 unspecified atom stereocenters. The van der Waals surface area contributed by atoms with Gasteiger partial charge in [0.2, 0.25) is 0 Å². The second-order valence-electron chi connectivity index (χ2n) is 27.8. The molecule has 0 aromatic rings. The Hall–Kier alpha value is -3.24. The number of hydrogen-bond donors (Lipinski definition) is 24. The molecule has 1 aliphatic carbocycles. The summed E-state index contributed by atoms with van der Waals surface area (Å²) in [7, 11) is 0. The van der Waals surface area contributed by atoms with Crippen LogP contribution in [0.3, 0.4) is 0 Å². The lowest BCUT2D eigenvalue weighted by atomic mass is 9.89. The number of nitrogens with zero attached hydrogens (tertiary/aromatic N) is 1. The van der Waals surface area contributed by atoms with Crippen molar-refractivity contribution in [3.63, 3.8) is 0 Å². The SMILES string of the molecule is CCCC[C@H](C)[C@H](O)/C=C/[C@@H]1[C@H]2C/C(=C(\C#N)CCCC(=O)O)O[C@H]2C[C@H]1O.OC[C@H]1O[C@@H]2O[C@H]3[C@H](O)[C@@H](O)[C@@H](O[C@H]4[C@H](O)[C@@H](O)[C@@H](O[C@H]5[C@H](O)[C@@H](O)[C@@H](O[C@H]6[C@H](O)[C@@H](O)[C@@H](O[C@H]7[C@H](O)[C@@H](O)[C@@H](O[C@H]8[C@H](O)[C@@H](O)[C@@H](O[C@H]1[C@H](O)[C@H]2O)O[C@@H]8CO)O[C@@H]7CO)O[C@@H]6CO)O[C@@H]5CO)O[C@@H]4CO)O[C@@H]3CO. The second-order valence-corrected chi connectivity index (χ2v) is 27.8. The predicted molar refractivity (Wildman–Crippen MR) is 333 cm³/mol. The maximum atomic E-state index is 11.3. The Labute approximate surface area is 600 Å². The van der Waals surface area contributed by atoms with Crippen molar-refractivity contribution in [1.29, 1.82) is 5.26 Å². The van der Waals surface area contributed by atoms with E-state index in [0.717, 1.165) is 19.3 Å². The normalized spacial score (nSPS) is 48.7. The number of carbonyl (C=O) groups is 1. The summed E-state index contributed by atoms with van der Waals surface area (Å²) in [5, 5.41) is 269. The molecule has 0 spiro atoms. The Kier molecular flexibility index (Phi) is 31.3. The number of aliphatic carboxylic acids is 1. The summed E-state index contributed by atoms with van der Waals surface area (Å²) in [6.45, 7) is -3.16. The van der Waals surface area contributed by atoms with Crippen LogP contribution in [0.25, 0.3) is 0 Å². The Morgan fingerprint density at radius 2 is 0.714 bits per heavy atom. The highest BCUT2D eigenvalue weighted by Gasteiger charge is 2.60. The van der Waals surface area contributed by atoms with E-state index >= 15 is 0 Å². The van der Waals surface area contributed by atoms with Gasteiger partial charge >= 0.3 is 5.97 Å². The third-order valence-electron chi connectivity index (χ3n) is 20.8. The van der Waals surface area contributed by atoms with E-state index in [0.29, 0.717) is 37.0 Å². The molecule has 22 heterocycles. The molecule has 0 radical (unpaired) electrons.